The molecule has 0 radical (unpaired) electrons. The molecule has 1 aliphatic heterocycles. The third-order valence-electron chi connectivity index (χ3n) is 3.58. The van der Waals surface area contributed by atoms with Crippen molar-refractivity contribution in [3.05, 3.63) is 5.56 Å². The van der Waals surface area contributed by atoms with Crippen molar-refractivity contribution in [3.63, 3.8) is 0 Å². The molecule has 0 bridgehead atoms. The van der Waals surface area contributed by atoms with Crippen LogP contribution in [-0.4, -0.2) is 22.9 Å². The van der Waals surface area contributed by atoms with Gasteiger partial charge in [-0.15, -0.1) is 0 Å². The van der Waals surface area contributed by atoms with E-state index in [9.17, 15) is 4.79 Å². The second kappa shape index (κ2) is 4.52. The first kappa shape index (κ1) is 12.2. The van der Waals surface area contributed by atoms with Crippen LogP contribution in [0.2, 0.25) is 0 Å². The molecule has 2 atom stereocenters. The zero-order valence-corrected chi connectivity index (χ0v) is 11.0. The number of anilines is 2. The molecule has 17 heavy (non-hydrogen) atoms. The van der Waals surface area contributed by atoms with Crippen LogP contribution in [0.25, 0.3) is 0 Å². The number of nitrogens with two attached hydrogens (primary N) is 2. The van der Waals surface area contributed by atoms with E-state index in [0.29, 0.717) is 17.5 Å². The first-order valence-corrected chi connectivity index (χ1v) is 6.61. The second-order valence-corrected chi connectivity index (χ2v) is 5.42. The summed E-state index contributed by atoms with van der Waals surface area (Å²) in [4.78, 5) is 13.6. The van der Waals surface area contributed by atoms with Crippen molar-refractivity contribution < 1.29 is 4.79 Å². The average Bonchev–Trinajstić information content (AvgIpc) is 2.64. The van der Waals surface area contributed by atoms with E-state index in [2.05, 4.69) is 23.1 Å². The minimum atomic E-state index is -0.489. The molecular weight excluding hydrogens is 236 g/mol. The van der Waals surface area contributed by atoms with Crippen molar-refractivity contribution in [2.24, 2.45) is 11.7 Å². The van der Waals surface area contributed by atoms with Gasteiger partial charge in [-0.2, -0.15) is 4.37 Å². The fourth-order valence-electron chi connectivity index (χ4n) is 2.34. The fraction of sp³-hybridized carbons (Fsp3) is 0.636. The van der Waals surface area contributed by atoms with Gasteiger partial charge in [0.1, 0.15) is 10.6 Å². The highest BCUT2D eigenvalue weighted by Crippen LogP contribution is 2.35. The Kier molecular flexibility index (Phi) is 3.24. The second-order valence-electron chi connectivity index (χ2n) is 4.67. The molecular formula is C11H18N4OS. The van der Waals surface area contributed by atoms with Gasteiger partial charge in [-0.1, -0.05) is 6.92 Å². The topological polar surface area (TPSA) is 85.2 Å². The SMILES string of the molecule is CC1CCCN(c2snc(N)c2C(N)=O)C1C. The molecule has 0 spiro atoms. The summed E-state index contributed by atoms with van der Waals surface area (Å²) in [5.41, 5.74) is 11.5. The van der Waals surface area contributed by atoms with Crippen LogP contribution in [0.4, 0.5) is 10.8 Å². The first-order valence-electron chi connectivity index (χ1n) is 5.84. The van der Waals surface area contributed by atoms with Gasteiger partial charge in [-0.05, 0) is 37.2 Å². The number of nitrogens with zero attached hydrogens (tertiary/aromatic N) is 2. The summed E-state index contributed by atoms with van der Waals surface area (Å²) in [6.45, 7) is 5.34. The van der Waals surface area contributed by atoms with E-state index < -0.39 is 5.91 Å². The predicted octanol–water partition coefficient (Wildman–Crippen LogP) is 1.45. The van der Waals surface area contributed by atoms with E-state index in [4.69, 9.17) is 11.5 Å². The normalized spacial score (nSPS) is 24.9. The molecule has 1 aliphatic rings. The van der Waals surface area contributed by atoms with Crippen molar-refractivity contribution in [1.82, 2.24) is 4.37 Å². The number of primary amides is 1. The van der Waals surface area contributed by atoms with Crippen LogP contribution < -0.4 is 16.4 Å². The summed E-state index contributed by atoms with van der Waals surface area (Å²) in [6.07, 6.45) is 2.35. The third-order valence-corrected chi connectivity index (χ3v) is 4.48. The Labute approximate surface area is 105 Å². The van der Waals surface area contributed by atoms with E-state index in [1.807, 2.05) is 0 Å². The lowest BCUT2D eigenvalue weighted by atomic mass is 9.92. The Bertz CT molecular complexity index is 431. The van der Waals surface area contributed by atoms with Crippen molar-refractivity contribution in [2.75, 3.05) is 17.2 Å². The van der Waals surface area contributed by atoms with E-state index in [-0.39, 0.29) is 5.82 Å². The molecule has 1 aromatic rings. The number of carbonyl (C=O) groups is 1. The van der Waals surface area contributed by atoms with E-state index in [0.717, 1.165) is 18.0 Å². The number of rotatable bonds is 2. The van der Waals surface area contributed by atoms with E-state index in [1.54, 1.807) is 0 Å². The Morgan fingerprint density at radius 3 is 2.88 bits per heavy atom. The lowest BCUT2D eigenvalue weighted by Gasteiger charge is -2.38. The number of amides is 1. The van der Waals surface area contributed by atoms with Gasteiger partial charge in [0.15, 0.2) is 5.82 Å². The van der Waals surface area contributed by atoms with Crippen LogP contribution in [0.5, 0.6) is 0 Å². The van der Waals surface area contributed by atoms with Gasteiger partial charge in [-0.3, -0.25) is 4.79 Å². The fourth-order valence-corrected chi connectivity index (χ4v) is 3.28. The van der Waals surface area contributed by atoms with Gasteiger partial charge in [0, 0.05) is 12.6 Å². The molecule has 0 aliphatic carbocycles. The van der Waals surface area contributed by atoms with Crippen LogP contribution in [0, 0.1) is 5.92 Å². The Morgan fingerprint density at radius 2 is 2.24 bits per heavy atom. The molecule has 2 rings (SSSR count). The summed E-state index contributed by atoms with van der Waals surface area (Å²) >= 11 is 1.27. The lowest BCUT2D eigenvalue weighted by molar-refractivity contribution is 0.100. The molecule has 2 heterocycles. The Hall–Kier alpha value is -1.30. The molecule has 1 aromatic heterocycles. The van der Waals surface area contributed by atoms with Crippen LogP contribution in [0.3, 0.4) is 0 Å². The highest BCUT2D eigenvalue weighted by Gasteiger charge is 2.30. The Balaban J connectivity index is 2.36. The highest BCUT2D eigenvalue weighted by molar-refractivity contribution is 7.11. The summed E-state index contributed by atoms with van der Waals surface area (Å²) in [5.74, 6) is 0.368. The summed E-state index contributed by atoms with van der Waals surface area (Å²) in [6, 6.07) is 0.390. The number of carbonyl (C=O) groups excluding carboxylic acids is 1. The molecule has 6 heteroatoms. The van der Waals surface area contributed by atoms with Crippen molar-refractivity contribution in [1.29, 1.82) is 0 Å². The summed E-state index contributed by atoms with van der Waals surface area (Å²) < 4.78 is 4.05. The minimum Gasteiger partial charge on any atom is -0.382 e. The van der Waals surface area contributed by atoms with Crippen molar-refractivity contribution in [3.8, 4) is 0 Å². The van der Waals surface area contributed by atoms with Crippen molar-refractivity contribution in [2.45, 2.75) is 32.7 Å². The molecule has 4 N–H and O–H groups in total. The van der Waals surface area contributed by atoms with Gasteiger partial charge < -0.3 is 16.4 Å². The van der Waals surface area contributed by atoms with Gasteiger partial charge in [0.05, 0.1) is 0 Å². The minimum absolute atomic E-state index is 0.253. The van der Waals surface area contributed by atoms with Crippen molar-refractivity contribution >= 4 is 28.3 Å². The summed E-state index contributed by atoms with van der Waals surface area (Å²) in [5, 5.41) is 0.828. The number of piperidine rings is 1. The van der Waals surface area contributed by atoms with Gasteiger partial charge in [-0.25, -0.2) is 0 Å². The molecule has 0 saturated carbocycles. The maximum absolute atomic E-state index is 11.4. The van der Waals surface area contributed by atoms with Gasteiger partial charge in [0.2, 0.25) is 0 Å². The molecule has 1 saturated heterocycles. The Morgan fingerprint density at radius 1 is 1.53 bits per heavy atom. The van der Waals surface area contributed by atoms with Gasteiger partial charge in [0.25, 0.3) is 5.91 Å². The zero-order valence-electron chi connectivity index (χ0n) is 10.1. The zero-order chi connectivity index (χ0) is 12.6. The van der Waals surface area contributed by atoms with Gasteiger partial charge >= 0.3 is 0 Å². The maximum Gasteiger partial charge on any atom is 0.255 e. The quantitative estimate of drug-likeness (QED) is 0.836. The monoisotopic (exact) mass is 254 g/mol. The van der Waals surface area contributed by atoms with Crippen LogP contribution in [-0.2, 0) is 0 Å². The average molecular weight is 254 g/mol. The van der Waals surface area contributed by atoms with Crippen LogP contribution in [0.15, 0.2) is 0 Å². The standard InChI is InChI=1S/C11H18N4OS/c1-6-4-3-5-15(7(6)2)11-8(10(13)16)9(12)14-17-11/h6-7H,3-5H2,1-2H3,(H2,12,14)(H2,13,16). The van der Waals surface area contributed by atoms with Crippen LogP contribution in [0.1, 0.15) is 37.0 Å². The van der Waals surface area contributed by atoms with E-state index >= 15 is 0 Å². The largest absolute Gasteiger partial charge is 0.382 e. The number of aromatic nitrogens is 1. The number of hydrogen-bond acceptors (Lipinski definition) is 5. The third kappa shape index (κ3) is 2.09. The highest BCUT2D eigenvalue weighted by atomic mass is 32.1. The first-order chi connectivity index (χ1) is 8.02. The molecule has 1 fully saturated rings. The molecule has 1 amide bonds. The lowest BCUT2D eigenvalue weighted by Crippen LogP contribution is -2.42. The molecule has 0 aromatic carbocycles. The number of hydrogen-bond donors (Lipinski definition) is 2. The van der Waals surface area contributed by atoms with Crippen LogP contribution >= 0.6 is 11.5 Å². The number of nitrogen functional groups attached to an aromatic ring is 1. The predicted molar refractivity (Wildman–Crippen MR) is 70.3 cm³/mol. The summed E-state index contributed by atoms with van der Waals surface area (Å²) in [7, 11) is 0. The molecule has 5 nitrogen and oxygen atoms in total. The molecule has 2 unspecified atom stereocenters. The molecule has 94 valence electrons. The smallest absolute Gasteiger partial charge is 0.255 e. The van der Waals surface area contributed by atoms with E-state index in [1.165, 1.54) is 18.0 Å². The maximum atomic E-state index is 11.4.